The van der Waals surface area contributed by atoms with E-state index in [1.54, 1.807) is 0 Å². The Bertz CT molecular complexity index is 372. The Hall–Kier alpha value is -0.540. The van der Waals surface area contributed by atoms with Gasteiger partial charge in [0.15, 0.2) is 0 Å². The Balaban J connectivity index is 1.94. The van der Waals surface area contributed by atoms with E-state index in [9.17, 15) is 0 Å². The Labute approximate surface area is 106 Å². The fourth-order valence-corrected chi connectivity index (χ4v) is 2.65. The molecular formula is C13H19BrN2. The second-order valence-electron chi connectivity index (χ2n) is 4.87. The van der Waals surface area contributed by atoms with E-state index in [4.69, 9.17) is 0 Å². The largest absolute Gasteiger partial charge is 0.384 e. The van der Waals surface area contributed by atoms with Crippen molar-refractivity contribution in [2.75, 3.05) is 25.5 Å². The van der Waals surface area contributed by atoms with Gasteiger partial charge in [0.1, 0.15) is 0 Å². The number of hydrogen-bond donors (Lipinski definition) is 2. The molecule has 1 aliphatic carbocycles. The van der Waals surface area contributed by atoms with E-state index >= 15 is 0 Å². The van der Waals surface area contributed by atoms with Gasteiger partial charge in [0.25, 0.3) is 0 Å². The molecule has 2 N–H and O–H groups in total. The second-order valence-corrected chi connectivity index (χ2v) is 5.72. The average Bonchev–Trinajstić information content (AvgIpc) is 2.98. The molecule has 0 unspecified atom stereocenters. The maximum absolute atomic E-state index is 3.60. The van der Waals surface area contributed by atoms with Gasteiger partial charge in [-0.05, 0) is 60.4 Å². The van der Waals surface area contributed by atoms with Gasteiger partial charge in [0.05, 0.1) is 0 Å². The molecule has 0 amide bonds. The number of benzene rings is 1. The summed E-state index contributed by atoms with van der Waals surface area (Å²) in [7, 11) is 2.03. The lowest BCUT2D eigenvalue weighted by Gasteiger charge is -2.17. The van der Waals surface area contributed by atoms with Crippen molar-refractivity contribution in [1.82, 2.24) is 5.32 Å². The number of hydrogen-bond acceptors (Lipinski definition) is 2. The highest BCUT2D eigenvalue weighted by Crippen LogP contribution is 2.45. The van der Waals surface area contributed by atoms with E-state index < -0.39 is 0 Å². The molecule has 0 saturated heterocycles. The van der Waals surface area contributed by atoms with E-state index in [2.05, 4.69) is 51.7 Å². The SMILES string of the molecule is CNCC1(CNc2ccc(C)cc2Br)CC1. The Morgan fingerprint density at radius 3 is 2.62 bits per heavy atom. The Morgan fingerprint density at radius 2 is 2.06 bits per heavy atom. The van der Waals surface area contributed by atoms with Gasteiger partial charge >= 0.3 is 0 Å². The van der Waals surface area contributed by atoms with Crippen molar-refractivity contribution in [2.45, 2.75) is 19.8 Å². The minimum atomic E-state index is 0.499. The molecule has 1 fully saturated rings. The lowest BCUT2D eigenvalue weighted by Crippen LogP contribution is -2.26. The van der Waals surface area contributed by atoms with Gasteiger partial charge in [-0.1, -0.05) is 6.07 Å². The fourth-order valence-electron chi connectivity index (χ4n) is 2.01. The molecule has 16 heavy (non-hydrogen) atoms. The maximum atomic E-state index is 3.60. The van der Waals surface area contributed by atoms with Crippen molar-refractivity contribution in [2.24, 2.45) is 5.41 Å². The predicted octanol–water partition coefficient (Wildman–Crippen LogP) is 3.17. The van der Waals surface area contributed by atoms with Crippen molar-refractivity contribution >= 4 is 21.6 Å². The molecule has 0 aliphatic heterocycles. The van der Waals surface area contributed by atoms with Crippen LogP contribution < -0.4 is 10.6 Å². The number of halogens is 1. The summed E-state index contributed by atoms with van der Waals surface area (Å²) in [5, 5.41) is 6.82. The van der Waals surface area contributed by atoms with Gasteiger partial charge < -0.3 is 10.6 Å². The van der Waals surface area contributed by atoms with Crippen LogP contribution in [0.4, 0.5) is 5.69 Å². The van der Waals surface area contributed by atoms with Crippen LogP contribution in [0.5, 0.6) is 0 Å². The molecule has 0 spiro atoms. The Kier molecular flexibility index (Phi) is 3.55. The highest BCUT2D eigenvalue weighted by atomic mass is 79.9. The topological polar surface area (TPSA) is 24.1 Å². The summed E-state index contributed by atoms with van der Waals surface area (Å²) in [5.74, 6) is 0. The summed E-state index contributed by atoms with van der Waals surface area (Å²) >= 11 is 3.60. The van der Waals surface area contributed by atoms with Crippen LogP contribution in [0.3, 0.4) is 0 Å². The van der Waals surface area contributed by atoms with Crippen LogP contribution in [0.25, 0.3) is 0 Å². The first kappa shape index (κ1) is 11.9. The molecule has 0 atom stereocenters. The van der Waals surface area contributed by atoms with Crippen molar-refractivity contribution in [3.8, 4) is 0 Å². The molecule has 0 heterocycles. The fraction of sp³-hybridized carbons (Fsp3) is 0.538. The summed E-state index contributed by atoms with van der Waals surface area (Å²) in [6.45, 7) is 4.29. The van der Waals surface area contributed by atoms with Gasteiger partial charge in [-0.3, -0.25) is 0 Å². The molecule has 3 heteroatoms. The summed E-state index contributed by atoms with van der Waals surface area (Å²) in [4.78, 5) is 0. The molecule has 0 bridgehead atoms. The van der Waals surface area contributed by atoms with Crippen LogP contribution in [-0.2, 0) is 0 Å². The highest BCUT2D eigenvalue weighted by molar-refractivity contribution is 9.10. The van der Waals surface area contributed by atoms with Crippen molar-refractivity contribution in [3.05, 3.63) is 28.2 Å². The highest BCUT2D eigenvalue weighted by Gasteiger charge is 2.41. The minimum Gasteiger partial charge on any atom is -0.384 e. The molecule has 1 aliphatic rings. The normalized spacial score (nSPS) is 17.2. The number of anilines is 1. The Morgan fingerprint density at radius 1 is 1.31 bits per heavy atom. The lowest BCUT2D eigenvalue weighted by molar-refractivity contribution is 0.507. The third-order valence-electron chi connectivity index (χ3n) is 3.29. The van der Waals surface area contributed by atoms with Crippen molar-refractivity contribution < 1.29 is 0 Å². The quantitative estimate of drug-likeness (QED) is 0.867. The van der Waals surface area contributed by atoms with E-state index in [0.29, 0.717) is 5.41 Å². The monoisotopic (exact) mass is 282 g/mol. The first-order valence-electron chi connectivity index (χ1n) is 5.80. The third kappa shape index (κ3) is 2.77. The molecule has 1 saturated carbocycles. The minimum absolute atomic E-state index is 0.499. The van der Waals surface area contributed by atoms with Crippen LogP contribution in [0.15, 0.2) is 22.7 Å². The molecule has 1 aromatic carbocycles. The van der Waals surface area contributed by atoms with Crippen molar-refractivity contribution in [1.29, 1.82) is 0 Å². The van der Waals surface area contributed by atoms with Gasteiger partial charge in [-0.15, -0.1) is 0 Å². The molecular weight excluding hydrogens is 264 g/mol. The van der Waals surface area contributed by atoms with Gasteiger partial charge in [-0.25, -0.2) is 0 Å². The molecule has 2 rings (SSSR count). The first-order valence-corrected chi connectivity index (χ1v) is 6.59. The standard InChI is InChI=1S/C13H19BrN2/c1-10-3-4-12(11(14)7-10)16-9-13(5-6-13)8-15-2/h3-4,7,15-16H,5-6,8-9H2,1-2H3. The second kappa shape index (κ2) is 4.76. The van der Waals surface area contributed by atoms with E-state index in [-0.39, 0.29) is 0 Å². The first-order chi connectivity index (χ1) is 7.65. The molecule has 88 valence electrons. The van der Waals surface area contributed by atoms with Crippen molar-refractivity contribution in [3.63, 3.8) is 0 Å². The average molecular weight is 283 g/mol. The number of nitrogens with one attached hydrogen (secondary N) is 2. The zero-order chi connectivity index (χ0) is 11.6. The van der Waals surface area contributed by atoms with Crippen LogP contribution in [0.2, 0.25) is 0 Å². The summed E-state index contributed by atoms with van der Waals surface area (Å²) in [6.07, 6.45) is 2.68. The smallest absolute Gasteiger partial charge is 0.0485 e. The number of aryl methyl sites for hydroxylation is 1. The zero-order valence-electron chi connectivity index (χ0n) is 9.94. The van der Waals surface area contributed by atoms with Gasteiger partial charge in [-0.2, -0.15) is 0 Å². The van der Waals surface area contributed by atoms with E-state index in [1.165, 1.54) is 24.1 Å². The summed E-state index contributed by atoms with van der Waals surface area (Å²) in [5.41, 5.74) is 2.99. The van der Waals surface area contributed by atoms with E-state index in [1.807, 2.05) is 7.05 Å². The van der Waals surface area contributed by atoms with Crippen LogP contribution in [0.1, 0.15) is 18.4 Å². The maximum Gasteiger partial charge on any atom is 0.0485 e. The molecule has 2 nitrogen and oxygen atoms in total. The molecule has 1 aromatic rings. The third-order valence-corrected chi connectivity index (χ3v) is 3.94. The van der Waals surface area contributed by atoms with Gasteiger partial charge in [0.2, 0.25) is 0 Å². The van der Waals surface area contributed by atoms with E-state index in [0.717, 1.165) is 17.6 Å². The van der Waals surface area contributed by atoms with Crippen LogP contribution >= 0.6 is 15.9 Å². The predicted molar refractivity (Wildman–Crippen MR) is 73.0 cm³/mol. The molecule has 0 aromatic heterocycles. The lowest BCUT2D eigenvalue weighted by atomic mass is 10.1. The van der Waals surface area contributed by atoms with Crippen LogP contribution in [0, 0.1) is 12.3 Å². The summed E-state index contributed by atoms with van der Waals surface area (Å²) < 4.78 is 1.16. The van der Waals surface area contributed by atoms with Gasteiger partial charge in [0, 0.05) is 28.7 Å². The zero-order valence-corrected chi connectivity index (χ0v) is 11.5. The van der Waals surface area contributed by atoms with Crippen LogP contribution in [-0.4, -0.2) is 20.1 Å². The molecule has 0 radical (unpaired) electrons. The summed E-state index contributed by atoms with van der Waals surface area (Å²) in [6, 6.07) is 6.44. The number of rotatable bonds is 5.